The molecule has 21 heavy (non-hydrogen) atoms. The summed E-state index contributed by atoms with van der Waals surface area (Å²) in [5.41, 5.74) is 2.76. The minimum atomic E-state index is -0.779. The maximum absolute atomic E-state index is 13.6. The summed E-state index contributed by atoms with van der Waals surface area (Å²) in [5.74, 6) is -0.881. The van der Waals surface area contributed by atoms with E-state index in [0.717, 1.165) is 0 Å². The number of carbonyl (C=O) groups is 1. The average Bonchev–Trinajstić information content (AvgIpc) is 2.38. The lowest BCUT2D eigenvalue weighted by molar-refractivity contribution is -0.132. The Hall–Kier alpha value is -1.66. The van der Waals surface area contributed by atoms with Gasteiger partial charge in [-0.15, -0.1) is 0 Å². The number of hydrogen-bond donors (Lipinski definition) is 3. The number of nitrogens with one attached hydrogen (secondary N) is 2. The molecule has 0 saturated heterocycles. The molecule has 5 nitrogen and oxygen atoms in total. The van der Waals surface area contributed by atoms with Gasteiger partial charge in [0.25, 0.3) is 5.91 Å². The molecule has 118 valence electrons. The van der Waals surface area contributed by atoms with Gasteiger partial charge >= 0.3 is 0 Å². The van der Waals surface area contributed by atoms with Crippen molar-refractivity contribution in [2.75, 3.05) is 11.9 Å². The van der Waals surface area contributed by atoms with Crippen LogP contribution in [-0.2, 0) is 9.53 Å². The van der Waals surface area contributed by atoms with Crippen molar-refractivity contribution in [1.82, 2.24) is 5.48 Å². The molecule has 0 aliphatic rings. The van der Waals surface area contributed by atoms with Crippen LogP contribution in [0.3, 0.4) is 0 Å². The summed E-state index contributed by atoms with van der Waals surface area (Å²) in [5, 5.41) is 11.8. The molecule has 0 heterocycles. The van der Waals surface area contributed by atoms with Gasteiger partial charge in [0.2, 0.25) is 0 Å². The van der Waals surface area contributed by atoms with E-state index in [1.807, 2.05) is 20.8 Å². The van der Waals surface area contributed by atoms with E-state index in [-0.39, 0.29) is 12.4 Å². The summed E-state index contributed by atoms with van der Waals surface area (Å²) in [7, 11) is 0. The fourth-order valence-corrected chi connectivity index (χ4v) is 1.82. The second-order valence-corrected chi connectivity index (χ2v) is 6.02. The SMILES string of the molecule is Cc1cc(N[C@H](COC(C)(C)C)C(=O)NO)cc(C)c1F. The zero-order chi connectivity index (χ0) is 16.2. The van der Waals surface area contributed by atoms with Crippen LogP contribution in [0.2, 0.25) is 0 Å². The van der Waals surface area contributed by atoms with E-state index in [0.29, 0.717) is 16.8 Å². The topological polar surface area (TPSA) is 70.6 Å². The van der Waals surface area contributed by atoms with Gasteiger partial charge in [-0.05, 0) is 57.9 Å². The highest BCUT2D eigenvalue weighted by Gasteiger charge is 2.22. The molecule has 0 aliphatic heterocycles. The van der Waals surface area contributed by atoms with Gasteiger partial charge < -0.3 is 10.1 Å². The Balaban J connectivity index is 2.88. The number of anilines is 1. The first-order valence-corrected chi connectivity index (χ1v) is 6.75. The maximum Gasteiger partial charge on any atom is 0.268 e. The van der Waals surface area contributed by atoms with Crippen molar-refractivity contribution in [3.8, 4) is 0 Å². The minimum Gasteiger partial charge on any atom is -0.373 e. The van der Waals surface area contributed by atoms with E-state index >= 15 is 0 Å². The minimum absolute atomic E-state index is 0.0748. The molecule has 0 unspecified atom stereocenters. The van der Waals surface area contributed by atoms with Gasteiger partial charge in [-0.3, -0.25) is 10.0 Å². The number of amides is 1. The second-order valence-electron chi connectivity index (χ2n) is 6.02. The molecule has 1 atom stereocenters. The van der Waals surface area contributed by atoms with Gasteiger partial charge in [-0.1, -0.05) is 0 Å². The Kier molecular flexibility index (Phi) is 5.69. The van der Waals surface area contributed by atoms with Crippen molar-refractivity contribution >= 4 is 11.6 Å². The zero-order valence-corrected chi connectivity index (χ0v) is 13.1. The number of halogens is 1. The Bertz CT molecular complexity index is 489. The average molecular weight is 298 g/mol. The highest BCUT2D eigenvalue weighted by molar-refractivity contribution is 5.83. The van der Waals surface area contributed by atoms with Gasteiger partial charge in [0.05, 0.1) is 12.2 Å². The third kappa shape index (κ3) is 5.32. The van der Waals surface area contributed by atoms with Gasteiger partial charge in [-0.25, -0.2) is 9.87 Å². The van der Waals surface area contributed by atoms with E-state index in [4.69, 9.17) is 9.94 Å². The van der Waals surface area contributed by atoms with Gasteiger partial charge in [0.1, 0.15) is 11.9 Å². The van der Waals surface area contributed by atoms with Crippen LogP contribution in [0.15, 0.2) is 12.1 Å². The molecule has 3 N–H and O–H groups in total. The third-order valence-electron chi connectivity index (χ3n) is 2.89. The van der Waals surface area contributed by atoms with Crippen LogP contribution >= 0.6 is 0 Å². The number of aryl methyl sites for hydroxylation is 2. The zero-order valence-electron chi connectivity index (χ0n) is 13.1. The Labute approximate surface area is 124 Å². The van der Waals surface area contributed by atoms with Crippen molar-refractivity contribution in [2.45, 2.75) is 46.3 Å². The largest absolute Gasteiger partial charge is 0.373 e. The van der Waals surface area contributed by atoms with E-state index in [9.17, 15) is 9.18 Å². The summed E-state index contributed by atoms with van der Waals surface area (Å²) < 4.78 is 19.2. The van der Waals surface area contributed by atoms with Gasteiger partial charge in [-0.2, -0.15) is 0 Å². The third-order valence-corrected chi connectivity index (χ3v) is 2.89. The molecule has 1 amide bonds. The number of rotatable bonds is 5. The van der Waals surface area contributed by atoms with E-state index in [1.165, 1.54) is 0 Å². The van der Waals surface area contributed by atoms with Crippen LogP contribution in [0.4, 0.5) is 10.1 Å². The van der Waals surface area contributed by atoms with Gasteiger partial charge in [0.15, 0.2) is 0 Å². The van der Waals surface area contributed by atoms with Crippen molar-refractivity contribution in [3.05, 3.63) is 29.1 Å². The smallest absolute Gasteiger partial charge is 0.268 e. The Morgan fingerprint density at radius 1 is 1.33 bits per heavy atom. The molecule has 0 bridgehead atoms. The summed E-state index contributed by atoms with van der Waals surface area (Å²) in [4.78, 5) is 11.7. The summed E-state index contributed by atoms with van der Waals surface area (Å²) >= 11 is 0. The monoisotopic (exact) mass is 298 g/mol. The fourth-order valence-electron chi connectivity index (χ4n) is 1.82. The Morgan fingerprint density at radius 2 is 1.86 bits per heavy atom. The molecule has 1 aromatic rings. The molecule has 1 rings (SSSR count). The van der Waals surface area contributed by atoms with Crippen LogP contribution in [0.1, 0.15) is 31.9 Å². The maximum atomic E-state index is 13.6. The highest BCUT2D eigenvalue weighted by Crippen LogP contribution is 2.19. The van der Waals surface area contributed by atoms with Gasteiger partial charge in [0, 0.05) is 5.69 Å². The molecule has 0 saturated carbocycles. The molecular formula is C15H23FN2O3. The van der Waals surface area contributed by atoms with Crippen LogP contribution in [0.5, 0.6) is 0 Å². The molecular weight excluding hydrogens is 275 g/mol. The van der Waals surface area contributed by atoms with Crippen LogP contribution in [-0.4, -0.2) is 29.4 Å². The quantitative estimate of drug-likeness (QED) is 0.577. The number of benzene rings is 1. The van der Waals surface area contributed by atoms with Crippen molar-refractivity contribution in [2.24, 2.45) is 0 Å². The molecule has 1 aromatic carbocycles. The number of hydroxylamine groups is 1. The van der Waals surface area contributed by atoms with Crippen molar-refractivity contribution in [3.63, 3.8) is 0 Å². The van der Waals surface area contributed by atoms with Crippen LogP contribution in [0.25, 0.3) is 0 Å². The normalized spacial score (nSPS) is 12.9. The summed E-state index contributed by atoms with van der Waals surface area (Å²) in [6.07, 6.45) is 0. The first kappa shape index (κ1) is 17.4. The summed E-state index contributed by atoms with van der Waals surface area (Å²) in [6.45, 7) is 8.99. The molecule has 0 radical (unpaired) electrons. The second kappa shape index (κ2) is 6.87. The lowest BCUT2D eigenvalue weighted by atomic mass is 10.1. The first-order chi connectivity index (χ1) is 9.64. The molecule has 0 aromatic heterocycles. The summed E-state index contributed by atoms with van der Waals surface area (Å²) in [6, 6.07) is 2.44. The van der Waals surface area contributed by atoms with Crippen molar-refractivity contribution < 1.29 is 19.1 Å². The standard InChI is InChI=1S/C15H23FN2O3/c1-9-6-11(7-10(2)13(9)16)17-12(14(19)18-20)8-21-15(3,4)5/h6-7,12,17,20H,8H2,1-5H3,(H,18,19)/t12-/m1/s1. The van der Waals surface area contributed by atoms with E-state index in [1.54, 1.807) is 31.5 Å². The Morgan fingerprint density at radius 3 is 2.29 bits per heavy atom. The first-order valence-electron chi connectivity index (χ1n) is 6.75. The predicted octanol–water partition coefficient (Wildman–Crippen LogP) is 2.54. The predicted molar refractivity (Wildman–Crippen MR) is 78.9 cm³/mol. The highest BCUT2D eigenvalue weighted by atomic mass is 19.1. The van der Waals surface area contributed by atoms with Crippen molar-refractivity contribution in [1.29, 1.82) is 0 Å². The fraction of sp³-hybridized carbons (Fsp3) is 0.533. The molecule has 0 aliphatic carbocycles. The van der Waals surface area contributed by atoms with E-state index < -0.39 is 17.6 Å². The molecule has 0 spiro atoms. The number of hydrogen-bond acceptors (Lipinski definition) is 4. The number of carbonyl (C=O) groups excluding carboxylic acids is 1. The number of ether oxygens (including phenoxy) is 1. The lowest BCUT2D eigenvalue weighted by Crippen LogP contribution is -2.43. The van der Waals surface area contributed by atoms with E-state index in [2.05, 4.69) is 5.32 Å². The van der Waals surface area contributed by atoms with Crippen LogP contribution in [0, 0.1) is 19.7 Å². The van der Waals surface area contributed by atoms with Crippen LogP contribution < -0.4 is 10.8 Å². The molecule has 0 fully saturated rings. The lowest BCUT2D eigenvalue weighted by Gasteiger charge is -2.25. The molecule has 6 heteroatoms.